The molecule has 0 spiro atoms. The summed E-state index contributed by atoms with van der Waals surface area (Å²) >= 11 is 0. The van der Waals surface area contributed by atoms with Crippen LogP contribution in [0.2, 0.25) is 0 Å². The second-order valence-corrected chi connectivity index (χ2v) is 8.87. The summed E-state index contributed by atoms with van der Waals surface area (Å²) in [4.78, 5) is 20.0. The Morgan fingerprint density at radius 2 is 2.00 bits per heavy atom. The molecule has 192 valence electrons. The molecule has 0 radical (unpaired) electrons. The van der Waals surface area contributed by atoms with E-state index in [0.717, 1.165) is 5.56 Å². The summed E-state index contributed by atoms with van der Waals surface area (Å²) in [6.45, 7) is 6.77. The molecular formula is C26H30N2O8. The van der Waals surface area contributed by atoms with Gasteiger partial charge >= 0.3 is 5.97 Å². The van der Waals surface area contributed by atoms with Gasteiger partial charge < -0.3 is 33.5 Å². The molecule has 0 aliphatic carbocycles. The van der Waals surface area contributed by atoms with Crippen molar-refractivity contribution >= 4 is 12.7 Å². The number of aliphatic hydroxyl groups is 1. The highest BCUT2D eigenvalue weighted by Gasteiger charge is 2.57. The Labute approximate surface area is 209 Å². The van der Waals surface area contributed by atoms with Gasteiger partial charge in [0, 0.05) is 24.2 Å². The quantitative estimate of drug-likeness (QED) is 0.434. The maximum Gasteiger partial charge on any atom is 0.343 e. The molecule has 1 unspecified atom stereocenters. The number of nitrogens with zero attached hydrogens (tertiary/aromatic N) is 2. The maximum atomic E-state index is 13.3. The number of aliphatic hydroxyl groups excluding tert-OH is 1. The molecule has 2 aromatic rings. The zero-order chi connectivity index (χ0) is 25.6. The number of carbonyl (C=O) groups excluding carboxylic acids is 1. The molecule has 2 aromatic carbocycles. The van der Waals surface area contributed by atoms with Crippen LogP contribution < -0.4 is 23.7 Å². The van der Waals surface area contributed by atoms with Gasteiger partial charge in [0.05, 0.1) is 27.4 Å². The van der Waals surface area contributed by atoms with Crippen LogP contribution in [0.4, 0.5) is 0 Å². The number of methoxy groups -OCH3 is 3. The fourth-order valence-corrected chi connectivity index (χ4v) is 5.51. The van der Waals surface area contributed by atoms with Crippen LogP contribution in [0.5, 0.6) is 28.7 Å². The van der Waals surface area contributed by atoms with Crippen molar-refractivity contribution in [3.63, 3.8) is 0 Å². The highest BCUT2D eigenvalue weighted by atomic mass is 16.7. The van der Waals surface area contributed by atoms with Crippen molar-refractivity contribution in [1.82, 2.24) is 4.90 Å². The SMILES string of the molecule is C=N[C@]1([C@H]2OC(=O)c3c2ccc(OC)c3OC)c2c(cc3c(c2OC)OCO3)CCN1CC(O)CC. The highest BCUT2D eigenvalue weighted by Crippen LogP contribution is 2.59. The normalized spacial score (nSPS) is 22.9. The zero-order valence-corrected chi connectivity index (χ0v) is 20.8. The zero-order valence-electron chi connectivity index (χ0n) is 20.8. The van der Waals surface area contributed by atoms with Gasteiger partial charge in [-0.05, 0) is 37.3 Å². The smallest absolute Gasteiger partial charge is 0.343 e. The van der Waals surface area contributed by atoms with E-state index in [0.29, 0.717) is 53.5 Å². The van der Waals surface area contributed by atoms with Crippen LogP contribution in [-0.2, 0) is 16.8 Å². The molecule has 5 rings (SSSR count). The van der Waals surface area contributed by atoms with Gasteiger partial charge in [-0.1, -0.05) is 13.0 Å². The molecule has 10 heteroatoms. The largest absolute Gasteiger partial charge is 0.493 e. The number of aliphatic imine (C=N–C) groups is 1. The predicted octanol–water partition coefficient (Wildman–Crippen LogP) is 2.84. The lowest BCUT2D eigenvalue weighted by molar-refractivity contribution is -0.0650. The summed E-state index contributed by atoms with van der Waals surface area (Å²) in [5, 5.41) is 10.7. The number of rotatable bonds is 8. The molecule has 0 saturated carbocycles. The van der Waals surface area contributed by atoms with Gasteiger partial charge in [0.15, 0.2) is 34.8 Å². The molecule has 3 aliphatic rings. The fourth-order valence-electron chi connectivity index (χ4n) is 5.51. The third kappa shape index (κ3) is 3.31. The first kappa shape index (κ1) is 24.2. The molecule has 0 amide bonds. The fraction of sp³-hybridized carbons (Fsp3) is 0.462. The highest BCUT2D eigenvalue weighted by molar-refractivity contribution is 5.98. The molecule has 0 saturated heterocycles. The molecule has 3 heterocycles. The minimum atomic E-state index is -1.32. The number of hydrogen-bond donors (Lipinski definition) is 1. The van der Waals surface area contributed by atoms with Crippen molar-refractivity contribution in [2.45, 2.75) is 37.6 Å². The lowest BCUT2D eigenvalue weighted by atomic mass is 9.79. The second-order valence-electron chi connectivity index (χ2n) is 8.87. The number of hydrogen-bond acceptors (Lipinski definition) is 10. The topological polar surface area (TPSA) is 108 Å². The number of β-amino-alcohol motifs (C(OH)–C–C–N with tert-alkyl or cyclic N) is 1. The van der Waals surface area contributed by atoms with Crippen LogP contribution >= 0.6 is 0 Å². The number of carbonyl (C=O) groups is 1. The molecule has 3 aliphatic heterocycles. The summed E-state index contributed by atoms with van der Waals surface area (Å²) in [5.74, 6) is 1.62. The average Bonchev–Trinajstić information content (AvgIpc) is 3.51. The van der Waals surface area contributed by atoms with Crippen LogP contribution in [0.1, 0.15) is 46.5 Å². The summed E-state index contributed by atoms with van der Waals surface area (Å²) < 4.78 is 34.3. The molecule has 3 atom stereocenters. The second kappa shape index (κ2) is 9.18. The summed E-state index contributed by atoms with van der Waals surface area (Å²) in [5.41, 5.74) is 1.10. The molecular weight excluding hydrogens is 468 g/mol. The van der Waals surface area contributed by atoms with Gasteiger partial charge in [-0.15, -0.1) is 0 Å². The lowest BCUT2D eigenvalue weighted by Gasteiger charge is -2.48. The van der Waals surface area contributed by atoms with Gasteiger partial charge in [0.25, 0.3) is 0 Å². The van der Waals surface area contributed by atoms with Crippen molar-refractivity contribution in [3.8, 4) is 28.7 Å². The van der Waals surface area contributed by atoms with Gasteiger partial charge in [-0.3, -0.25) is 9.89 Å². The molecule has 0 bridgehead atoms. The Hall–Kier alpha value is -3.50. The van der Waals surface area contributed by atoms with Gasteiger partial charge in [-0.2, -0.15) is 0 Å². The van der Waals surface area contributed by atoms with Crippen LogP contribution in [-0.4, -0.2) is 70.0 Å². The van der Waals surface area contributed by atoms with Crippen molar-refractivity contribution in [2.75, 3.05) is 41.2 Å². The third-order valence-electron chi connectivity index (χ3n) is 7.20. The number of fused-ring (bicyclic) bond motifs is 3. The standard InChI is InChI=1S/C26H30N2O8/c1-6-15(29)12-28-10-9-14-11-18-22(35-13-34-18)23(33-5)20(14)26(28,27-2)24-16-7-8-17(31-3)21(32-4)19(16)25(30)36-24/h7-8,11,15,24,29H,2,6,9-10,12-13H2,1,3-5H3/t15?,24-,26+/m0/s1. The van der Waals surface area contributed by atoms with Crippen LogP contribution in [0, 0.1) is 0 Å². The minimum Gasteiger partial charge on any atom is -0.493 e. The van der Waals surface area contributed by atoms with E-state index in [4.69, 9.17) is 28.4 Å². The Kier molecular flexibility index (Phi) is 6.17. The summed E-state index contributed by atoms with van der Waals surface area (Å²) in [6.07, 6.45) is -0.361. The van der Waals surface area contributed by atoms with E-state index in [1.165, 1.54) is 14.2 Å². The van der Waals surface area contributed by atoms with E-state index in [2.05, 4.69) is 11.7 Å². The van der Waals surface area contributed by atoms with Crippen LogP contribution in [0.25, 0.3) is 0 Å². The van der Waals surface area contributed by atoms with E-state index in [-0.39, 0.29) is 24.7 Å². The molecule has 36 heavy (non-hydrogen) atoms. The Morgan fingerprint density at radius 1 is 1.22 bits per heavy atom. The number of esters is 1. The van der Waals surface area contributed by atoms with Crippen molar-refractivity contribution < 1.29 is 38.3 Å². The first-order valence-corrected chi connectivity index (χ1v) is 11.8. The number of benzene rings is 2. The first-order chi connectivity index (χ1) is 17.4. The third-order valence-corrected chi connectivity index (χ3v) is 7.20. The van der Waals surface area contributed by atoms with E-state index in [1.807, 2.05) is 17.9 Å². The van der Waals surface area contributed by atoms with E-state index in [9.17, 15) is 9.90 Å². The van der Waals surface area contributed by atoms with Gasteiger partial charge in [0.1, 0.15) is 5.56 Å². The Bertz CT molecular complexity index is 1220. The van der Waals surface area contributed by atoms with Crippen molar-refractivity contribution in [1.29, 1.82) is 0 Å². The summed E-state index contributed by atoms with van der Waals surface area (Å²) in [7, 11) is 4.53. The number of cyclic esters (lactones) is 1. The Morgan fingerprint density at radius 3 is 2.67 bits per heavy atom. The maximum absolute atomic E-state index is 13.3. The lowest BCUT2D eigenvalue weighted by Crippen LogP contribution is -2.55. The van der Waals surface area contributed by atoms with E-state index >= 15 is 0 Å². The predicted molar refractivity (Wildman–Crippen MR) is 130 cm³/mol. The minimum absolute atomic E-state index is 0.0691. The molecule has 10 nitrogen and oxygen atoms in total. The van der Waals surface area contributed by atoms with Gasteiger partial charge in [0.2, 0.25) is 12.5 Å². The monoisotopic (exact) mass is 498 g/mol. The van der Waals surface area contributed by atoms with E-state index < -0.39 is 23.8 Å². The molecule has 0 fully saturated rings. The van der Waals surface area contributed by atoms with E-state index in [1.54, 1.807) is 19.2 Å². The van der Waals surface area contributed by atoms with Crippen molar-refractivity contribution in [3.05, 3.63) is 40.5 Å². The van der Waals surface area contributed by atoms with Crippen LogP contribution in [0.3, 0.4) is 0 Å². The average molecular weight is 499 g/mol. The van der Waals surface area contributed by atoms with Crippen molar-refractivity contribution in [2.24, 2.45) is 4.99 Å². The van der Waals surface area contributed by atoms with Crippen LogP contribution in [0.15, 0.2) is 23.2 Å². The molecule has 0 aromatic heterocycles. The molecule has 1 N–H and O–H groups in total. The Balaban J connectivity index is 1.79. The first-order valence-electron chi connectivity index (χ1n) is 11.8. The van der Waals surface area contributed by atoms with Gasteiger partial charge in [-0.25, -0.2) is 4.79 Å². The summed E-state index contributed by atoms with van der Waals surface area (Å²) in [6, 6.07) is 5.43. The number of ether oxygens (including phenoxy) is 6.